The maximum atomic E-state index is 12.4. The second kappa shape index (κ2) is 7.07. The van der Waals surface area contributed by atoms with Crippen molar-refractivity contribution >= 4 is 39.4 Å². The molecular formula is C18H18N3NaO5S. The molecule has 1 N–H and O–H groups in total. The molecule has 8 nitrogen and oxygen atoms in total. The van der Waals surface area contributed by atoms with E-state index >= 15 is 0 Å². The van der Waals surface area contributed by atoms with Crippen LogP contribution in [0.3, 0.4) is 0 Å². The van der Waals surface area contributed by atoms with Crippen LogP contribution in [0, 0.1) is 18.8 Å². The predicted octanol–water partition coefficient (Wildman–Crippen LogP) is -2.77. The van der Waals surface area contributed by atoms with Crippen molar-refractivity contribution in [2.45, 2.75) is 39.8 Å². The molecule has 0 aromatic carbocycles. The van der Waals surface area contributed by atoms with Crippen LogP contribution in [0.2, 0.25) is 0 Å². The summed E-state index contributed by atoms with van der Waals surface area (Å²) >= 11 is 1.27. The number of aryl methyl sites for hydroxylation is 1. The average Bonchev–Trinajstić information content (AvgIpc) is 3.17. The van der Waals surface area contributed by atoms with Crippen LogP contribution in [-0.4, -0.2) is 49.2 Å². The summed E-state index contributed by atoms with van der Waals surface area (Å²) in [6.45, 7) is 6.58. The van der Waals surface area contributed by atoms with Crippen molar-refractivity contribution in [1.29, 1.82) is 0 Å². The van der Waals surface area contributed by atoms with E-state index < -0.39 is 29.9 Å². The molecule has 0 aliphatic carbocycles. The molecule has 2 aromatic heterocycles. The summed E-state index contributed by atoms with van der Waals surface area (Å²) in [5.41, 5.74) is 0.694. The Kier molecular flexibility index (Phi) is 5.35. The summed E-state index contributed by atoms with van der Waals surface area (Å²) in [6, 6.07) is -0.409. The minimum absolute atomic E-state index is 0. The van der Waals surface area contributed by atoms with Gasteiger partial charge in [0.2, 0.25) is 5.91 Å². The summed E-state index contributed by atoms with van der Waals surface area (Å²) < 4.78 is 1.76. The molecule has 4 heterocycles. The summed E-state index contributed by atoms with van der Waals surface area (Å²) in [4.78, 5) is 42.9. The molecule has 0 bridgehead atoms. The van der Waals surface area contributed by atoms with Crippen LogP contribution in [0.15, 0.2) is 11.9 Å². The Morgan fingerprint density at radius 3 is 2.57 bits per heavy atom. The number of carbonyl (C=O) groups excluding carboxylic acids is 3. The zero-order valence-electron chi connectivity index (χ0n) is 16.2. The molecule has 2 aliphatic rings. The predicted molar refractivity (Wildman–Crippen MR) is 94.7 cm³/mol. The molecular weight excluding hydrogens is 393 g/mol. The van der Waals surface area contributed by atoms with Gasteiger partial charge in [-0.05, 0) is 13.8 Å². The summed E-state index contributed by atoms with van der Waals surface area (Å²) in [6.07, 6.45) is 0.885. The van der Waals surface area contributed by atoms with Gasteiger partial charge in [0.25, 0.3) is 0 Å². The van der Waals surface area contributed by atoms with Crippen LogP contribution in [0.1, 0.15) is 42.0 Å². The fourth-order valence-electron chi connectivity index (χ4n) is 4.26. The number of ketones is 1. The van der Waals surface area contributed by atoms with Crippen LogP contribution >= 0.6 is 11.3 Å². The molecule has 0 spiro atoms. The minimum atomic E-state index is -1.42. The molecule has 28 heavy (non-hydrogen) atoms. The zero-order chi connectivity index (χ0) is 19.8. The summed E-state index contributed by atoms with van der Waals surface area (Å²) in [5, 5.41) is 21.8. The Morgan fingerprint density at radius 2 is 2.04 bits per heavy atom. The molecule has 1 fully saturated rings. The molecule has 0 radical (unpaired) electrons. The molecule has 2 aliphatic heterocycles. The van der Waals surface area contributed by atoms with E-state index in [0.717, 1.165) is 0 Å². The molecule has 0 saturated carbocycles. The molecule has 4 rings (SSSR count). The Bertz CT molecular complexity index is 1050. The topological polar surface area (TPSA) is 115 Å². The van der Waals surface area contributed by atoms with Crippen LogP contribution in [-0.2, 0) is 9.59 Å². The normalized spacial score (nSPS) is 24.8. The quantitative estimate of drug-likeness (QED) is 0.331. The Labute approximate surface area is 187 Å². The van der Waals surface area contributed by atoms with Crippen molar-refractivity contribution in [3.63, 3.8) is 0 Å². The van der Waals surface area contributed by atoms with E-state index in [1.54, 1.807) is 17.5 Å². The molecule has 2 aromatic rings. The van der Waals surface area contributed by atoms with Crippen LogP contribution in [0.5, 0.6) is 0 Å². The van der Waals surface area contributed by atoms with E-state index in [1.165, 1.54) is 30.1 Å². The van der Waals surface area contributed by atoms with E-state index in [2.05, 4.69) is 4.98 Å². The number of aliphatic carboxylic acids is 1. The van der Waals surface area contributed by atoms with Gasteiger partial charge >= 0.3 is 29.6 Å². The first kappa shape index (κ1) is 21.2. The van der Waals surface area contributed by atoms with Gasteiger partial charge in [-0.3, -0.25) is 14.0 Å². The first-order chi connectivity index (χ1) is 12.6. The van der Waals surface area contributed by atoms with Crippen LogP contribution in [0.4, 0.5) is 0 Å². The van der Waals surface area contributed by atoms with Crippen LogP contribution in [0.25, 0.3) is 10.4 Å². The maximum absolute atomic E-state index is 12.4. The van der Waals surface area contributed by atoms with E-state index in [4.69, 9.17) is 0 Å². The average molecular weight is 411 g/mol. The van der Waals surface area contributed by atoms with Crippen molar-refractivity contribution in [2.75, 3.05) is 0 Å². The number of imidazole rings is 1. The molecule has 4 atom stereocenters. The number of fused-ring (bicyclic) bond motifs is 2. The molecule has 1 saturated heterocycles. The minimum Gasteiger partial charge on any atom is -0.543 e. The molecule has 0 unspecified atom stereocenters. The Morgan fingerprint density at radius 1 is 1.39 bits per heavy atom. The number of carbonyl (C=O) groups is 3. The third-order valence-corrected chi connectivity index (χ3v) is 6.59. The molecule has 10 heteroatoms. The van der Waals surface area contributed by atoms with E-state index in [0.29, 0.717) is 26.8 Å². The number of aliphatic hydroxyl groups excluding tert-OH is 1. The van der Waals surface area contributed by atoms with Gasteiger partial charge in [-0.15, -0.1) is 11.3 Å². The number of aliphatic hydroxyl groups is 1. The van der Waals surface area contributed by atoms with Gasteiger partial charge in [-0.1, -0.05) is 6.92 Å². The van der Waals surface area contributed by atoms with Gasteiger partial charge in [-0.2, -0.15) is 0 Å². The largest absolute Gasteiger partial charge is 1.00 e. The molecule has 1 amide bonds. The van der Waals surface area contributed by atoms with E-state index in [9.17, 15) is 24.6 Å². The van der Waals surface area contributed by atoms with Crippen LogP contribution < -0.4 is 34.7 Å². The number of Topliss-reactive ketones (excluding diaryl/α,β-unsaturated/α-hetero) is 1. The van der Waals surface area contributed by atoms with Crippen molar-refractivity contribution in [1.82, 2.24) is 14.3 Å². The first-order valence-electron chi connectivity index (χ1n) is 8.61. The van der Waals surface area contributed by atoms with Crippen molar-refractivity contribution in [3.05, 3.63) is 28.3 Å². The van der Waals surface area contributed by atoms with Crippen molar-refractivity contribution < 1.29 is 54.2 Å². The number of thiazole rings is 1. The number of nitrogens with zero attached hydrogens (tertiary/aromatic N) is 3. The van der Waals surface area contributed by atoms with Gasteiger partial charge in [0.15, 0.2) is 5.78 Å². The Balaban J connectivity index is 0.00000225. The monoisotopic (exact) mass is 411 g/mol. The Hall–Kier alpha value is -1.52. The number of amides is 1. The van der Waals surface area contributed by atoms with Gasteiger partial charge in [0, 0.05) is 24.6 Å². The van der Waals surface area contributed by atoms with Crippen molar-refractivity contribution in [2.24, 2.45) is 11.8 Å². The van der Waals surface area contributed by atoms with E-state index in [1.807, 2.05) is 6.92 Å². The van der Waals surface area contributed by atoms with Gasteiger partial charge in [0.05, 0.1) is 34.6 Å². The first-order valence-corrected chi connectivity index (χ1v) is 9.43. The van der Waals surface area contributed by atoms with Crippen molar-refractivity contribution in [3.8, 4) is 0 Å². The molecule has 142 valence electrons. The maximum Gasteiger partial charge on any atom is 1.00 e. The third-order valence-electron chi connectivity index (χ3n) is 5.46. The number of hydrogen-bond acceptors (Lipinski definition) is 7. The van der Waals surface area contributed by atoms with Gasteiger partial charge in [0.1, 0.15) is 16.3 Å². The number of carboxylic acids is 1. The standard InChI is InChI=1S/C18H19N3O5S.Na/c1-6-11(10-5-20-9(4)19-13(8(3)23)17(20)27-10)15(18(25)26)21-14(6)12(7(2)22)16(21)24;/h5-7,12,14,22H,1-4H3,(H,25,26);/q;+1/p-1/t6-,7+,12+,14+;/m0./s1. The number of carboxylic acid groups (broad SMARTS) is 1. The number of β-lactam (4-membered cyclic amide) rings is 1. The SMILES string of the molecule is CC(=O)c1nc(C)n2cc(C3=C(C(=O)[O-])N4C(=O)[C@H]([C@@H](C)O)[C@H]4[C@H]3C)sc12.[Na+]. The second-order valence-electron chi connectivity index (χ2n) is 7.14. The van der Waals surface area contributed by atoms with E-state index in [-0.39, 0.29) is 47.0 Å². The fourth-order valence-corrected chi connectivity index (χ4v) is 5.59. The zero-order valence-corrected chi connectivity index (χ0v) is 19.0. The number of rotatable bonds is 4. The van der Waals surface area contributed by atoms with Gasteiger partial charge in [-0.25, -0.2) is 4.98 Å². The van der Waals surface area contributed by atoms with Gasteiger partial charge < -0.3 is 19.9 Å². The number of aromatic nitrogens is 2. The second-order valence-corrected chi connectivity index (χ2v) is 8.17. The third kappa shape index (κ3) is 2.72. The number of hydrogen-bond donors (Lipinski definition) is 1. The summed E-state index contributed by atoms with van der Waals surface area (Å²) in [7, 11) is 0. The fraction of sp³-hybridized carbons (Fsp3) is 0.444. The summed E-state index contributed by atoms with van der Waals surface area (Å²) in [5.74, 6) is -2.28. The smallest absolute Gasteiger partial charge is 0.543 e.